The molecule has 0 amide bonds. The third-order valence-corrected chi connectivity index (χ3v) is 7.40. The van der Waals surface area contributed by atoms with Crippen LogP contribution < -0.4 is 19.8 Å². The van der Waals surface area contributed by atoms with Gasteiger partial charge in [-0.05, 0) is 90.6 Å². The fourth-order valence-corrected chi connectivity index (χ4v) is 5.22. The van der Waals surface area contributed by atoms with Crippen molar-refractivity contribution in [3.8, 4) is 28.6 Å². The first-order valence-corrected chi connectivity index (χ1v) is 14.7. The zero-order valence-electron chi connectivity index (χ0n) is 25.2. The van der Waals surface area contributed by atoms with Crippen LogP contribution in [0.2, 0.25) is 5.02 Å². The first-order valence-electron chi connectivity index (χ1n) is 14.3. The molecule has 9 heteroatoms. The Kier molecular flexibility index (Phi) is 9.30. The molecule has 226 valence electrons. The Morgan fingerprint density at radius 3 is 2.55 bits per heavy atom. The summed E-state index contributed by atoms with van der Waals surface area (Å²) in [4.78, 5) is 18.7. The standard InChI is InChI=1S/C35H33ClFN3O4/c1-6-43-32-17-24(16-29(36)33(32)44-20-23-10-9-11-25(37)15-23)19-38-40-34(39-30-13-8-7-12-26(30)35(40)41)28-18-27(21(2)3)31(42-5)14-22(28)4/h7-19,21H,6,20H2,1-5H3. The minimum atomic E-state index is -0.350. The zero-order chi connectivity index (χ0) is 31.4. The summed E-state index contributed by atoms with van der Waals surface area (Å²) in [6, 6.07) is 20.7. The van der Waals surface area contributed by atoms with Crippen LogP contribution in [0.15, 0.2) is 82.7 Å². The van der Waals surface area contributed by atoms with Crippen LogP contribution in [-0.4, -0.2) is 29.6 Å². The maximum absolute atomic E-state index is 13.8. The smallest absolute Gasteiger partial charge is 0.282 e. The number of halogens is 2. The van der Waals surface area contributed by atoms with E-state index in [0.717, 1.165) is 22.4 Å². The maximum atomic E-state index is 13.8. The summed E-state index contributed by atoms with van der Waals surface area (Å²) < 4.78 is 32.4. The van der Waals surface area contributed by atoms with E-state index in [2.05, 4.69) is 18.9 Å². The Hall–Kier alpha value is -4.69. The molecule has 4 aromatic carbocycles. The topological polar surface area (TPSA) is 74.9 Å². The second-order valence-corrected chi connectivity index (χ2v) is 11.0. The van der Waals surface area contributed by atoms with E-state index in [4.69, 9.17) is 30.8 Å². The predicted octanol–water partition coefficient (Wildman–Crippen LogP) is 8.16. The van der Waals surface area contributed by atoms with E-state index in [1.807, 2.05) is 38.1 Å². The van der Waals surface area contributed by atoms with E-state index < -0.39 is 0 Å². The van der Waals surface area contributed by atoms with E-state index in [1.165, 1.54) is 23.0 Å². The summed E-state index contributed by atoms with van der Waals surface area (Å²) in [7, 11) is 1.65. The van der Waals surface area contributed by atoms with Crippen LogP contribution in [0.25, 0.3) is 22.3 Å². The number of ether oxygens (including phenoxy) is 3. The molecule has 0 N–H and O–H groups in total. The Bertz CT molecular complexity index is 1920. The van der Waals surface area contributed by atoms with Gasteiger partial charge in [0.2, 0.25) is 0 Å². The highest BCUT2D eigenvalue weighted by Gasteiger charge is 2.19. The second kappa shape index (κ2) is 13.3. The first-order chi connectivity index (χ1) is 21.2. The molecule has 44 heavy (non-hydrogen) atoms. The molecule has 1 heterocycles. The van der Waals surface area contributed by atoms with Gasteiger partial charge in [0.05, 0.1) is 35.9 Å². The van der Waals surface area contributed by atoms with Gasteiger partial charge in [-0.3, -0.25) is 4.79 Å². The summed E-state index contributed by atoms with van der Waals surface area (Å²) in [5, 5.41) is 5.35. The number of benzene rings is 4. The van der Waals surface area contributed by atoms with Crippen LogP contribution >= 0.6 is 11.6 Å². The SMILES string of the molecule is CCOc1cc(C=Nn2c(-c3cc(C(C)C)c(OC)cc3C)nc3ccccc3c2=O)cc(Cl)c1OCc1cccc(F)c1. The molecule has 0 unspecified atom stereocenters. The van der Waals surface area contributed by atoms with Gasteiger partial charge in [-0.1, -0.05) is 49.7 Å². The lowest BCUT2D eigenvalue weighted by atomic mass is 9.96. The van der Waals surface area contributed by atoms with Crippen molar-refractivity contribution >= 4 is 28.7 Å². The number of aryl methyl sites for hydroxylation is 1. The van der Waals surface area contributed by atoms with Gasteiger partial charge in [-0.2, -0.15) is 9.78 Å². The molecular formula is C35H33ClFN3O4. The van der Waals surface area contributed by atoms with Crippen LogP contribution in [0.3, 0.4) is 0 Å². The maximum Gasteiger partial charge on any atom is 0.282 e. The molecule has 0 saturated carbocycles. The summed E-state index contributed by atoms with van der Waals surface area (Å²) in [5.41, 5.74) is 4.14. The highest BCUT2D eigenvalue weighted by atomic mass is 35.5. The van der Waals surface area contributed by atoms with Crippen LogP contribution in [0.5, 0.6) is 17.2 Å². The minimum absolute atomic E-state index is 0.103. The number of methoxy groups -OCH3 is 1. The van der Waals surface area contributed by atoms with Crippen LogP contribution in [-0.2, 0) is 6.61 Å². The zero-order valence-corrected chi connectivity index (χ0v) is 26.0. The summed E-state index contributed by atoms with van der Waals surface area (Å²) in [6.07, 6.45) is 1.54. The first kappa shape index (κ1) is 30.8. The van der Waals surface area contributed by atoms with Crippen molar-refractivity contribution in [2.24, 2.45) is 5.10 Å². The highest BCUT2D eigenvalue weighted by Crippen LogP contribution is 2.37. The number of hydrogen-bond acceptors (Lipinski definition) is 6. The summed E-state index contributed by atoms with van der Waals surface area (Å²) >= 11 is 6.65. The van der Waals surface area contributed by atoms with Crippen molar-refractivity contribution in [3.05, 3.63) is 116 Å². The molecule has 0 spiro atoms. The normalized spacial score (nSPS) is 11.5. The minimum Gasteiger partial charge on any atom is -0.496 e. The Balaban J connectivity index is 1.60. The average Bonchev–Trinajstić information content (AvgIpc) is 3.00. The van der Waals surface area contributed by atoms with E-state index in [1.54, 1.807) is 43.5 Å². The molecular weight excluding hydrogens is 581 g/mol. The molecule has 0 aliphatic heterocycles. The number of para-hydroxylation sites is 1. The van der Waals surface area contributed by atoms with Crippen molar-refractivity contribution in [1.29, 1.82) is 0 Å². The number of aromatic nitrogens is 2. The molecule has 5 rings (SSSR count). The molecule has 7 nitrogen and oxygen atoms in total. The van der Waals surface area contributed by atoms with Gasteiger partial charge < -0.3 is 14.2 Å². The van der Waals surface area contributed by atoms with Crippen molar-refractivity contribution in [2.45, 2.75) is 40.2 Å². The Labute approximate surface area is 260 Å². The van der Waals surface area contributed by atoms with Gasteiger partial charge in [0, 0.05) is 5.56 Å². The Morgan fingerprint density at radius 2 is 1.82 bits per heavy atom. The highest BCUT2D eigenvalue weighted by molar-refractivity contribution is 6.32. The van der Waals surface area contributed by atoms with Crippen molar-refractivity contribution in [1.82, 2.24) is 9.66 Å². The van der Waals surface area contributed by atoms with Crippen molar-refractivity contribution < 1.29 is 18.6 Å². The van der Waals surface area contributed by atoms with Gasteiger partial charge >= 0.3 is 0 Å². The number of nitrogens with zero attached hydrogens (tertiary/aromatic N) is 3. The Morgan fingerprint density at radius 1 is 1.02 bits per heavy atom. The summed E-state index contributed by atoms with van der Waals surface area (Å²) in [5.74, 6) is 1.73. The lowest BCUT2D eigenvalue weighted by Gasteiger charge is -2.17. The molecule has 0 bridgehead atoms. The monoisotopic (exact) mass is 613 g/mol. The van der Waals surface area contributed by atoms with Gasteiger partial charge in [-0.15, -0.1) is 0 Å². The molecule has 0 atom stereocenters. The van der Waals surface area contributed by atoms with Crippen molar-refractivity contribution in [2.75, 3.05) is 13.7 Å². The molecule has 0 aliphatic carbocycles. The number of hydrogen-bond donors (Lipinski definition) is 0. The fourth-order valence-electron chi connectivity index (χ4n) is 4.94. The lowest BCUT2D eigenvalue weighted by Crippen LogP contribution is -2.20. The van der Waals surface area contributed by atoms with E-state index in [-0.39, 0.29) is 28.9 Å². The van der Waals surface area contributed by atoms with Gasteiger partial charge in [-0.25, -0.2) is 9.37 Å². The molecule has 0 radical (unpaired) electrons. The molecule has 0 aliphatic rings. The van der Waals surface area contributed by atoms with E-state index in [9.17, 15) is 9.18 Å². The third kappa shape index (κ3) is 6.45. The predicted molar refractivity (Wildman–Crippen MR) is 173 cm³/mol. The average molecular weight is 614 g/mol. The fraction of sp³-hybridized carbons (Fsp3) is 0.229. The van der Waals surface area contributed by atoms with Crippen LogP contribution in [0.1, 0.15) is 48.9 Å². The quantitative estimate of drug-likeness (QED) is 0.149. The number of fused-ring (bicyclic) bond motifs is 1. The molecule has 0 fully saturated rings. The second-order valence-electron chi connectivity index (χ2n) is 10.6. The third-order valence-electron chi connectivity index (χ3n) is 7.12. The summed E-state index contributed by atoms with van der Waals surface area (Å²) in [6.45, 7) is 8.43. The molecule has 1 aromatic heterocycles. The van der Waals surface area contributed by atoms with Gasteiger partial charge in [0.25, 0.3) is 5.56 Å². The van der Waals surface area contributed by atoms with Crippen LogP contribution in [0.4, 0.5) is 4.39 Å². The largest absolute Gasteiger partial charge is 0.496 e. The number of rotatable bonds is 10. The lowest BCUT2D eigenvalue weighted by molar-refractivity contribution is 0.269. The van der Waals surface area contributed by atoms with Gasteiger partial charge in [0.15, 0.2) is 17.3 Å². The van der Waals surface area contributed by atoms with Crippen LogP contribution in [0, 0.1) is 12.7 Å². The van der Waals surface area contributed by atoms with E-state index in [0.29, 0.717) is 46.0 Å². The molecule has 0 saturated heterocycles. The van der Waals surface area contributed by atoms with Gasteiger partial charge in [0.1, 0.15) is 18.2 Å². The van der Waals surface area contributed by atoms with Crippen molar-refractivity contribution in [3.63, 3.8) is 0 Å². The molecule has 5 aromatic rings. The van der Waals surface area contributed by atoms with E-state index >= 15 is 0 Å².